The molecule has 0 fully saturated rings. The summed E-state index contributed by atoms with van der Waals surface area (Å²) in [4.78, 5) is 11.1. The van der Waals surface area contributed by atoms with E-state index in [-0.39, 0.29) is 5.56 Å². The summed E-state index contributed by atoms with van der Waals surface area (Å²) in [5, 5.41) is 17.3. The maximum Gasteiger partial charge on any atom is 0.335 e. The van der Waals surface area contributed by atoms with E-state index in [1.54, 1.807) is 31.4 Å². The summed E-state index contributed by atoms with van der Waals surface area (Å²) in [7, 11) is 1.66. The van der Waals surface area contributed by atoms with Crippen LogP contribution in [0.4, 0.5) is 5.82 Å². The third-order valence-corrected chi connectivity index (χ3v) is 4.60. The van der Waals surface area contributed by atoms with Gasteiger partial charge in [0.2, 0.25) is 0 Å². The molecule has 132 valence electrons. The maximum atomic E-state index is 11.1. The first kappa shape index (κ1) is 16.2. The number of anilines is 1. The molecule has 0 atom stereocenters. The fourth-order valence-corrected chi connectivity index (χ4v) is 3.30. The van der Waals surface area contributed by atoms with Crippen molar-refractivity contribution in [3.63, 3.8) is 0 Å². The van der Waals surface area contributed by atoms with Crippen LogP contribution in [0.15, 0.2) is 48.5 Å². The number of carboxylic acids is 1. The predicted octanol–water partition coefficient (Wildman–Crippen LogP) is 3.14. The number of aromatic carboxylic acids is 1. The molecule has 0 radical (unpaired) electrons. The lowest BCUT2D eigenvalue weighted by Crippen LogP contribution is -2.06. The van der Waals surface area contributed by atoms with Gasteiger partial charge < -0.3 is 15.2 Å². The molecule has 6 heteroatoms. The van der Waals surface area contributed by atoms with Crippen molar-refractivity contribution in [3.05, 3.63) is 70.9 Å². The molecule has 2 N–H and O–H groups in total. The van der Waals surface area contributed by atoms with Crippen molar-refractivity contribution < 1.29 is 14.6 Å². The van der Waals surface area contributed by atoms with Gasteiger partial charge in [-0.1, -0.05) is 12.1 Å². The third-order valence-electron chi connectivity index (χ3n) is 4.60. The van der Waals surface area contributed by atoms with Crippen molar-refractivity contribution in [3.8, 4) is 11.4 Å². The van der Waals surface area contributed by atoms with Gasteiger partial charge in [0.25, 0.3) is 0 Å². The summed E-state index contributed by atoms with van der Waals surface area (Å²) in [5.74, 6) is 0.894. The van der Waals surface area contributed by atoms with Gasteiger partial charge in [0, 0.05) is 18.5 Å². The molecule has 1 aromatic heterocycles. The number of ether oxygens (including phenoxy) is 1. The highest BCUT2D eigenvalue weighted by molar-refractivity contribution is 5.87. The largest absolute Gasteiger partial charge is 0.497 e. The molecule has 0 unspecified atom stereocenters. The van der Waals surface area contributed by atoms with Gasteiger partial charge in [0.15, 0.2) is 0 Å². The number of fused-ring (bicyclic) bond motifs is 1. The zero-order valence-corrected chi connectivity index (χ0v) is 14.4. The number of methoxy groups -OCH3 is 1. The van der Waals surface area contributed by atoms with E-state index < -0.39 is 5.97 Å². The Morgan fingerprint density at radius 3 is 2.81 bits per heavy atom. The SMILES string of the molecule is COc1cccc(Cc2nn(-c3ccc(C(=O)O)cc3)c3c2CCN3)c1. The average Bonchev–Trinajstić information content (AvgIpc) is 3.26. The fourth-order valence-electron chi connectivity index (χ4n) is 3.30. The molecule has 3 aromatic rings. The number of benzene rings is 2. The minimum Gasteiger partial charge on any atom is -0.497 e. The maximum absolute atomic E-state index is 11.1. The second-order valence-corrected chi connectivity index (χ2v) is 6.24. The van der Waals surface area contributed by atoms with Gasteiger partial charge in [0.05, 0.1) is 24.1 Å². The Kier molecular flexibility index (Phi) is 4.08. The molecule has 1 aliphatic heterocycles. The van der Waals surface area contributed by atoms with Crippen LogP contribution in [0.3, 0.4) is 0 Å². The predicted molar refractivity (Wildman–Crippen MR) is 98.5 cm³/mol. The zero-order valence-electron chi connectivity index (χ0n) is 14.4. The van der Waals surface area contributed by atoms with Crippen LogP contribution in [0, 0.1) is 0 Å². The van der Waals surface area contributed by atoms with Crippen LogP contribution in [0.25, 0.3) is 5.69 Å². The second-order valence-electron chi connectivity index (χ2n) is 6.24. The summed E-state index contributed by atoms with van der Waals surface area (Å²) < 4.78 is 7.17. The molecule has 6 nitrogen and oxygen atoms in total. The Morgan fingerprint density at radius 1 is 1.27 bits per heavy atom. The van der Waals surface area contributed by atoms with E-state index in [0.29, 0.717) is 0 Å². The lowest BCUT2D eigenvalue weighted by molar-refractivity contribution is 0.0697. The van der Waals surface area contributed by atoms with E-state index in [2.05, 4.69) is 11.4 Å². The van der Waals surface area contributed by atoms with Crippen molar-refractivity contribution in [1.82, 2.24) is 9.78 Å². The molecule has 0 aliphatic carbocycles. The molecule has 2 aromatic carbocycles. The molecule has 0 bridgehead atoms. The summed E-state index contributed by atoms with van der Waals surface area (Å²) in [5.41, 5.74) is 4.50. The summed E-state index contributed by atoms with van der Waals surface area (Å²) in [6.07, 6.45) is 1.66. The van der Waals surface area contributed by atoms with Crippen LogP contribution in [0.2, 0.25) is 0 Å². The van der Waals surface area contributed by atoms with E-state index in [9.17, 15) is 4.79 Å². The molecule has 0 saturated heterocycles. The number of nitrogens with one attached hydrogen (secondary N) is 1. The van der Waals surface area contributed by atoms with E-state index in [0.717, 1.165) is 47.9 Å². The number of aromatic nitrogens is 2. The van der Waals surface area contributed by atoms with Crippen LogP contribution in [0.5, 0.6) is 5.75 Å². The zero-order chi connectivity index (χ0) is 18.1. The molecule has 0 amide bonds. The first-order valence-corrected chi connectivity index (χ1v) is 8.47. The van der Waals surface area contributed by atoms with Gasteiger partial charge in [-0.15, -0.1) is 0 Å². The van der Waals surface area contributed by atoms with Crippen LogP contribution in [0.1, 0.15) is 27.2 Å². The average molecular weight is 349 g/mol. The Labute approximate surface area is 151 Å². The number of carboxylic acid groups (broad SMARTS) is 1. The Morgan fingerprint density at radius 2 is 2.08 bits per heavy atom. The van der Waals surface area contributed by atoms with Gasteiger partial charge in [-0.2, -0.15) is 5.10 Å². The topological polar surface area (TPSA) is 76.4 Å². The summed E-state index contributed by atoms with van der Waals surface area (Å²) in [6.45, 7) is 0.880. The smallest absolute Gasteiger partial charge is 0.335 e. The highest BCUT2D eigenvalue weighted by Crippen LogP contribution is 2.30. The minimum absolute atomic E-state index is 0.266. The first-order valence-electron chi connectivity index (χ1n) is 8.47. The van der Waals surface area contributed by atoms with Crippen molar-refractivity contribution >= 4 is 11.8 Å². The first-order chi connectivity index (χ1) is 12.7. The van der Waals surface area contributed by atoms with Gasteiger partial charge in [-0.05, 0) is 48.4 Å². The molecular weight excluding hydrogens is 330 g/mol. The van der Waals surface area contributed by atoms with Gasteiger partial charge >= 0.3 is 5.97 Å². The quantitative estimate of drug-likeness (QED) is 0.740. The Bertz CT molecular complexity index is 961. The van der Waals surface area contributed by atoms with Crippen LogP contribution < -0.4 is 10.1 Å². The molecule has 4 rings (SSSR count). The third kappa shape index (κ3) is 2.90. The molecule has 1 aliphatic rings. The molecule has 0 spiro atoms. The molecule has 26 heavy (non-hydrogen) atoms. The minimum atomic E-state index is -0.931. The number of hydrogen-bond acceptors (Lipinski definition) is 4. The molecular formula is C20H19N3O3. The number of rotatable bonds is 5. The fraction of sp³-hybridized carbons (Fsp3) is 0.200. The van der Waals surface area contributed by atoms with Gasteiger partial charge in [-0.25, -0.2) is 9.48 Å². The van der Waals surface area contributed by atoms with E-state index in [4.69, 9.17) is 14.9 Å². The lowest BCUT2D eigenvalue weighted by Gasteiger charge is -2.07. The standard InChI is InChI=1S/C20H19N3O3/c1-26-16-4-2-3-13(11-16)12-18-17-9-10-21-19(17)23(22-18)15-7-5-14(6-8-15)20(24)25/h2-8,11,21H,9-10,12H2,1H3,(H,24,25). The Balaban J connectivity index is 1.69. The lowest BCUT2D eigenvalue weighted by atomic mass is 10.1. The summed E-state index contributed by atoms with van der Waals surface area (Å²) >= 11 is 0. The van der Waals surface area contributed by atoms with Gasteiger partial charge in [0.1, 0.15) is 11.6 Å². The van der Waals surface area contributed by atoms with Gasteiger partial charge in [-0.3, -0.25) is 0 Å². The summed E-state index contributed by atoms with van der Waals surface area (Å²) in [6, 6.07) is 14.8. The van der Waals surface area contributed by atoms with Crippen molar-refractivity contribution in [1.29, 1.82) is 0 Å². The molecule has 2 heterocycles. The number of carbonyl (C=O) groups is 1. The van der Waals surface area contributed by atoms with E-state index >= 15 is 0 Å². The van der Waals surface area contributed by atoms with E-state index in [1.165, 1.54) is 5.56 Å². The highest BCUT2D eigenvalue weighted by atomic mass is 16.5. The Hall–Kier alpha value is -3.28. The van der Waals surface area contributed by atoms with Crippen molar-refractivity contribution in [2.24, 2.45) is 0 Å². The normalized spacial score (nSPS) is 12.5. The van der Waals surface area contributed by atoms with Crippen LogP contribution in [-0.2, 0) is 12.8 Å². The van der Waals surface area contributed by atoms with Crippen LogP contribution >= 0.6 is 0 Å². The number of nitrogens with zero attached hydrogens (tertiary/aromatic N) is 2. The van der Waals surface area contributed by atoms with Crippen LogP contribution in [-0.4, -0.2) is 34.5 Å². The second kappa shape index (κ2) is 6.55. The monoisotopic (exact) mass is 349 g/mol. The van der Waals surface area contributed by atoms with Crippen molar-refractivity contribution in [2.45, 2.75) is 12.8 Å². The van der Waals surface area contributed by atoms with E-state index in [1.807, 2.05) is 22.9 Å². The highest BCUT2D eigenvalue weighted by Gasteiger charge is 2.23. The molecule has 0 saturated carbocycles. The number of hydrogen-bond donors (Lipinski definition) is 2. The van der Waals surface area contributed by atoms with Crippen molar-refractivity contribution in [2.75, 3.05) is 19.0 Å².